The third-order valence-corrected chi connectivity index (χ3v) is 6.81. The standard InChI is InChI=1S/C26H13N3S/c27-14-16-8-10-24-20(12-16)21-13-18(9-11-25(21)30-24)29-22-6-2-1-5-19(22)26-17(15-28)4-3-7-23(26)29/h1-13H. The van der Waals surface area contributed by atoms with E-state index in [-0.39, 0.29) is 0 Å². The maximum atomic E-state index is 9.67. The summed E-state index contributed by atoms with van der Waals surface area (Å²) in [4.78, 5) is 0. The molecule has 0 amide bonds. The molecule has 0 N–H and O–H groups in total. The van der Waals surface area contributed by atoms with Gasteiger partial charge in [-0.1, -0.05) is 24.3 Å². The second-order valence-corrected chi connectivity index (χ2v) is 8.35. The van der Waals surface area contributed by atoms with E-state index in [0.29, 0.717) is 11.1 Å². The molecule has 2 heterocycles. The number of nitrogens with zero attached hydrogens (tertiary/aromatic N) is 3. The van der Waals surface area contributed by atoms with Crippen molar-refractivity contribution in [3.05, 3.63) is 90.0 Å². The molecule has 0 bridgehead atoms. The van der Waals surface area contributed by atoms with Crippen LogP contribution in [0.3, 0.4) is 0 Å². The van der Waals surface area contributed by atoms with Gasteiger partial charge in [-0.05, 0) is 54.6 Å². The molecule has 138 valence electrons. The van der Waals surface area contributed by atoms with Gasteiger partial charge in [-0.15, -0.1) is 11.3 Å². The van der Waals surface area contributed by atoms with Gasteiger partial charge >= 0.3 is 0 Å². The van der Waals surface area contributed by atoms with Gasteiger partial charge in [0.05, 0.1) is 34.3 Å². The van der Waals surface area contributed by atoms with Crippen LogP contribution >= 0.6 is 11.3 Å². The van der Waals surface area contributed by atoms with Gasteiger partial charge < -0.3 is 4.57 Å². The van der Waals surface area contributed by atoms with Crippen LogP contribution in [-0.2, 0) is 0 Å². The Morgan fingerprint density at radius 2 is 1.43 bits per heavy atom. The monoisotopic (exact) mass is 399 g/mol. The zero-order valence-corrected chi connectivity index (χ0v) is 16.6. The SMILES string of the molecule is N#Cc1ccc2sc3ccc(-n4c5ccccc5c5c(C#N)cccc54)cc3c2c1. The molecule has 4 aromatic carbocycles. The Morgan fingerprint density at radius 1 is 0.667 bits per heavy atom. The summed E-state index contributed by atoms with van der Waals surface area (Å²) in [6, 6.07) is 31.0. The van der Waals surface area contributed by atoms with E-state index in [4.69, 9.17) is 0 Å². The zero-order valence-electron chi connectivity index (χ0n) is 15.8. The van der Waals surface area contributed by atoms with Crippen molar-refractivity contribution in [1.82, 2.24) is 4.57 Å². The first-order valence-corrected chi connectivity index (χ1v) is 10.4. The topological polar surface area (TPSA) is 52.5 Å². The van der Waals surface area contributed by atoms with E-state index in [0.717, 1.165) is 38.3 Å². The highest BCUT2D eigenvalue weighted by molar-refractivity contribution is 7.25. The van der Waals surface area contributed by atoms with Crippen LogP contribution in [0.4, 0.5) is 0 Å². The molecule has 0 spiro atoms. The summed E-state index contributed by atoms with van der Waals surface area (Å²) < 4.78 is 4.60. The first kappa shape index (κ1) is 16.8. The van der Waals surface area contributed by atoms with Crippen molar-refractivity contribution in [1.29, 1.82) is 10.5 Å². The molecule has 2 aromatic heterocycles. The van der Waals surface area contributed by atoms with E-state index in [1.54, 1.807) is 11.3 Å². The quantitative estimate of drug-likeness (QED) is 0.302. The van der Waals surface area contributed by atoms with E-state index in [9.17, 15) is 10.5 Å². The van der Waals surface area contributed by atoms with Crippen molar-refractivity contribution in [2.45, 2.75) is 0 Å². The van der Waals surface area contributed by atoms with Gasteiger partial charge in [-0.3, -0.25) is 0 Å². The summed E-state index contributed by atoms with van der Waals surface area (Å²) in [5, 5.41) is 23.3. The number of fused-ring (bicyclic) bond motifs is 6. The zero-order chi connectivity index (χ0) is 20.2. The summed E-state index contributed by atoms with van der Waals surface area (Å²) in [7, 11) is 0. The molecule has 4 heteroatoms. The molecule has 0 aliphatic carbocycles. The number of nitriles is 2. The van der Waals surface area contributed by atoms with Gasteiger partial charge in [0.1, 0.15) is 0 Å². The fourth-order valence-corrected chi connectivity index (χ4v) is 5.43. The summed E-state index contributed by atoms with van der Waals surface area (Å²) in [6.07, 6.45) is 0. The van der Waals surface area contributed by atoms with Crippen LogP contribution in [0.25, 0.3) is 47.7 Å². The molecule has 0 unspecified atom stereocenters. The first-order chi connectivity index (χ1) is 14.8. The van der Waals surface area contributed by atoms with Crippen molar-refractivity contribution in [3.8, 4) is 17.8 Å². The number of rotatable bonds is 1. The molecule has 0 radical (unpaired) electrons. The number of benzene rings is 4. The van der Waals surface area contributed by atoms with E-state index in [1.165, 1.54) is 9.40 Å². The molecule has 6 aromatic rings. The highest BCUT2D eigenvalue weighted by atomic mass is 32.1. The maximum Gasteiger partial charge on any atom is 0.0998 e. The third-order valence-electron chi connectivity index (χ3n) is 5.66. The maximum absolute atomic E-state index is 9.67. The lowest BCUT2D eigenvalue weighted by Gasteiger charge is -2.08. The third kappa shape index (κ3) is 2.23. The Bertz CT molecular complexity index is 1720. The fraction of sp³-hybridized carbons (Fsp3) is 0. The summed E-state index contributed by atoms with van der Waals surface area (Å²) in [5.41, 5.74) is 4.50. The average molecular weight is 399 g/mol. The molecular formula is C26H13N3S. The van der Waals surface area contributed by atoms with Crippen molar-refractivity contribution >= 4 is 53.3 Å². The number of para-hydroxylation sites is 1. The van der Waals surface area contributed by atoms with E-state index >= 15 is 0 Å². The van der Waals surface area contributed by atoms with E-state index in [1.807, 2.05) is 42.5 Å². The normalized spacial score (nSPS) is 11.3. The Balaban J connectivity index is 1.74. The summed E-state index contributed by atoms with van der Waals surface area (Å²) in [6.45, 7) is 0. The molecular weight excluding hydrogens is 386 g/mol. The van der Waals surface area contributed by atoms with Crippen molar-refractivity contribution in [2.75, 3.05) is 0 Å². The Labute approximate surface area is 176 Å². The smallest absolute Gasteiger partial charge is 0.0998 e. The number of hydrogen-bond donors (Lipinski definition) is 0. The second-order valence-electron chi connectivity index (χ2n) is 7.27. The highest BCUT2D eigenvalue weighted by Gasteiger charge is 2.16. The lowest BCUT2D eigenvalue weighted by molar-refractivity contribution is 1.19. The lowest BCUT2D eigenvalue weighted by atomic mass is 10.1. The lowest BCUT2D eigenvalue weighted by Crippen LogP contribution is -1.93. The molecule has 0 saturated heterocycles. The Kier molecular flexibility index (Phi) is 3.47. The van der Waals surface area contributed by atoms with E-state index in [2.05, 4.69) is 53.1 Å². The number of hydrogen-bond acceptors (Lipinski definition) is 3. The molecule has 0 aliphatic heterocycles. The van der Waals surface area contributed by atoms with Crippen molar-refractivity contribution in [3.63, 3.8) is 0 Å². The minimum Gasteiger partial charge on any atom is -0.309 e. The minimum absolute atomic E-state index is 0.670. The minimum atomic E-state index is 0.670. The summed E-state index contributed by atoms with van der Waals surface area (Å²) in [5.74, 6) is 0. The first-order valence-electron chi connectivity index (χ1n) is 9.57. The number of thiophene rings is 1. The van der Waals surface area contributed by atoms with Crippen LogP contribution in [-0.4, -0.2) is 4.57 Å². The molecule has 6 rings (SSSR count). The molecule has 0 saturated carbocycles. The summed E-state index contributed by atoms with van der Waals surface area (Å²) >= 11 is 1.74. The predicted molar refractivity (Wildman–Crippen MR) is 123 cm³/mol. The van der Waals surface area contributed by atoms with Gasteiger partial charge in [0.15, 0.2) is 0 Å². The van der Waals surface area contributed by atoms with Gasteiger partial charge in [0.2, 0.25) is 0 Å². The highest BCUT2D eigenvalue weighted by Crippen LogP contribution is 2.38. The van der Waals surface area contributed by atoms with Crippen LogP contribution in [0.1, 0.15) is 11.1 Å². The van der Waals surface area contributed by atoms with Crippen LogP contribution in [0, 0.1) is 22.7 Å². The Hall–Kier alpha value is -4.12. The van der Waals surface area contributed by atoms with Gasteiger partial charge in [0.25, 0.3) is 0 Å². The van der Waals surface area contributed by atoms with Crippen LogP contribution < -0.4 is 0 Å². The van der Waals surface area contributed by atoms with Gasteiger partial charge in [-0.25, -0.2) is 0 Å². The molecule has 30 heavy (non-hydrogen) atoms. The van der Waals surface area contributed by atoms with Crippen LogP contribution in [0.15, 0.2) is 78.9 Å². The molecule has 0 atom stereocenters. The molecule has 3 nitrogen and oxygen atoms in total. The molecule has 0 aliphatic rings. The predicted octanol–water partition coefficient (Wildman–Crippen LogP) is 6.89. The average Bonchev–Trinajstić information content (AvgIpc) is 3.33. The van der Waals surface area contributed by atoms with Gasteiger partial charge in [0, 0.05) is 36.6 Å². The Morgan fingerprint density at radius 3 is 2.27 bits per heavy atom. The largest absolute Gasteiger partial charge is 0.309 e. The number of aromatic nitrogens is 1. The van der Waals surface area contributed by atoms with Crippen LogP contribution in [0.5, 0.6) is 0 Å². The van der Waals surface area contributed by atoms with Crippen molar-refractivity contribution in [2.24, 2.45) is 0 Å². The van der Waals surface area contributed by atoms with Crippen LogP contribution in [0.2, 0.25) is 0 Å². The van der Waals surface area contributed by atoms with Crippen molar-refractivity contribution < 1.29 is 0 Å². The fourth-order valence-electron chi connectivity index (χ4n) is 4.36. The van der Waals surface area contributed by atoms with Gasteiger partial charge in [-0.2, -0.15) is 10.5 Å². The van der Waals surface area contributed by atoms with E-state index < -0.39 is 0 Å². The second kappa shape index (κ2) is 6.19. The molecule has 0 fully saturated rings.